The number of urea groups is 1. The number of rotatable bonds is 4. The Bertz CT molecular complexity index is 993. The van der Waals surface area contributed by atoms with Crippen LogP contribution in [0.4, 0.5) is 10.6 Å². The molecule has 4 rings (SSSR count). The molecule has 3 aromatic rings. The summed E-state index contributed by atoms with van der Waals surface area (Å²) in [5.41, 5.74) is 3.03. The van der Waals surface area contributed by atoms with Gasteiger partial charge in [-0.15, -0.1) is 0 Å². The van der Waals surface area contributed by atoms with E-state index in [4.69, 9.17) is 4.42 Å². The fraction of sp³-hybridized carbons (Fsp3) is 0.500. The molecule has 1 aliphatic heterocycles. The number of carbonyl (C=O) groups excluding carboxylic acids is 1. The van der Waals surface area contributed by atoms with Gasteiger partial charge in [-0.1, -0.05) is 6.92 Å². The highest BCUT2D eigenvalue weighted by molar-refractivity contribution is 5.80. The lowest BCUT2D eigenvalue weighted by molar-refractivity contribution is 0.169. The van der Waals surface area contributed by atoms with E-state index in [1.807, 2.05) is 22.6 Å². The minimum absolute atomic E-state index is 0.0236. The maximum Gasteiger partial charge on any atom is 0.319 e. The van der Waals surface area contributed by atoms with E-state index >= 15 is 0 Å². The van der Waals surface area contributed by atoms with Crippen molar-refractivity contribution >= 4 is 23.1 Å². The van der Waals surface area contributed by atoms with E-state index in [9.17, 15) is 4.79 Å². The first-order valence-corrected chi connectivity index (χ1v) is 9.41. The van der Waals surface area contributed by atoms with Crippen molar-refractivity contribution in [1.29, 1.82) is 0 Å². The number of fused-ring (bicyclic) bond motifs is 2. The molecule has 0 aromatic carbocycles. The van der Waals surface area contributed by atoms with Crippen LogP contribution >= 0.6 is 0 Å². The Kier molecular flexibility index (Phi) is 4.84. The second-order valence-electron chi connectivity index (χ2n) is 6.99. The normalized spacial score (nSPS) is 14.0. The summed E-state index contributed by atoms with van der Waals surface area (Å²) in [5.74, 6) is 1.26. The molecule has 3 aromatic heterocycles. The molecule has 0 spiro atoms. The minimum atomic E-state index is 0.0236. The van der Waals surface area contributed by atoms with E-state index in [0.717, 1.165) is 30.9 Å². The van der Waals surface area contributed by atoms with Gasteiger partial charge in [-0.2, -0.15) is 10.1 Å². The van der Waals surface area contributed by atoms with Crippen molar-refractivity contribution in [3.63, 3.8) is 0 Å². The van der Waals surface area contributed by atoms with Crippen molar-refractivity contribution in [2.24, 2.45) is 0 Å². The van der Waals surface area contributed by atoms with Crippen molar-refractivity contribution in [3.05, 3.63) is 29.7 Å². The van der Waals surface area contributed by atoms with Crippen LogP contribution in [-0.2, 0) is 26.1 Å². The highest BCUT2D eigenvalue weighted by atomic mass is 16.4. The van der Waals surface area contributed by atoms with Gasteiger partial charge in [0.05, 0.1) is 24.5 Å². The quantitative estimate of drug-likeness (QED) is 0.732. The van der Waals surface area contributed by atoms with E-state index in [1.165, 1.54) is 6.33 Å². The molecule has 0 bridgehead atoms. The van der Waals surface area contributed by atoms with Gasteiger partial charge in [0, 0.05) is 33.6 Å². The van der Waals surface area contributed by atoms with Gasteiger partial charge >= 0.3 is 6.03 Å². The highest BCUT2D eigenvalue weighted by Crippen LogP contribution is 2.21. The third kappa shape index (κ3) is 3.49. The van der Waals surface area contributed by atoms with Crippen molar-refractivity contribution in [3.8, 4) is 0 Å². The Morgan fingerprint density at radius 1 is 1.32 bits per heavy atom. The number of amides is 2. The summed E-state index contributed by atoms with van der Waals surface area (Å²) < 4.78 is 7.57. The molecule has 28 heavy (non-hydrogen) atoms. The molecule has 1 N–H and O–H groups in total. The zero-order valence-corrected chi connectivity index (χ0v) is 16.3. The van der Waals surface area contributed by atoms with Crippen LogP contribution in [0.25, 0.3) is 11.2 Å². The predicted molar refractivity (Wildman–Crippen MR) is 103 cm³/mol. The molecule has 10 heteroatoms. The van der Waals surface area contributed by atoms with Crippen LogP contribution in [0.2, 0.25) is 0 Å². The second-order valence-corrected chi connectivity index (χ2v) is 6.99. The van der Waals surface area contributed by atoms with Crippen LogP contribution in [-0.4, -0.2) is 61.2 Å². The van der Waals surface area contributed by atoms with E-state index in [1.54, 1.807) is 19.0 Å². The van der Waals surface area contributed by atoms with Crippen LogP contribution in [0, 0.1) is 0 Å². The zero-order valence-electron chi connectivity index (χ0n) is 16.3. The number of oxazole rings is 1. The number of carbonyl (C=O) groups is 1. The smallest absolute Gasteiger partial charge is 0.319 e. The maximum absolute atomic E-state index is 12.3. The molecular weight excluding hydrogens is 360 g/mol. The van der Waals surface area contributed by atoms with E-state index in [-0.39, 0.29) is 6.03 Å². The molecule has 1 aliphatic rings. The summed E-state index contributed by atoms with van der Waals surface area (Å²) >= 11 is 0. The largest absolute Gasteiger partial charge is 0.422 e. The van der Waals surface area contributed by atoms with Crippen LogP contribution in [0.5, 0.6) is 0 Å². The Morgan fingerprint density at radius 3 is 2.96 bits per heavy atom. The fourth-order valence-corrected chi connectivity index (χ4v) is 3.31. The van der Waals surface area contributed by atoms with Crippen LogP contribution < -0.4 is 5.32 Å². The van der Waals surface area contributed by atoms with Crippen LogP contribution in [0.1, 0.15) is 30.6 Å². The molecule has 4 heterocycles. The lowest BCUT2D eigenvalue weighted by Gasteiger charge is -2.23. The highest BCUT2D eigenvalue weighted by Gasteiger charge is 2.22. The molecule has 0 atom stereocenters. The summed E-state index contributed by atoms with van der Waals surface area (Å²) in [6.07, 6.45) is 3.04. The monoisotopic (exact) mass is 384 g/mol. The molecular formula is C18H24N8O2. The van der Waals surface area contributed by atoms with Gasteiger partial charge in [0.25, 0.3) is 5.71 Å². The van der Waals surface area contributed by atoms with Crippen molar-refractivity contribution < 1.29 is 9.21 Å². The Morgan fingerprint density at radius 2 is 2.18 bits per heavy atom. The van der Waals surface area contributed by atoms with Gasteiger partial charge < -0.3 is 19.5 Å². The molecule has 0 radical (unpaired) electrons. The molecule has 2 amide bonds. The molecule has 148 valence electrons. The summed E-state index contributed by atoms with van der Waals surface area (Å²) in [6.45, 7) is 4.58. The zero-order chi connectivity index (χ0) is 19.7. The topological polar surface area (TPSA) is 105 Å². The first-order valence-electron chi connectivity index (χ1n) is 9.41. The average molecular weight is 384 g/mol. The number of hydrogen-bond acceptors (Lipinski definition) is 7. The van der Waals surface area contributed by atoms with Gasteiger partial charge in [0.2, 0.25) is 0 Å². The maximum atomic E-state index is 12.3. The number of nitrogens with one attached hydrogen (secondary N) is 1. The van der Waals surface area contributed by atoms with Gasteiger partial charge in [0.1, 0.15) is 6.33 Å². The van der Waals surface area contributed by atoms with E-state index < -0.39 is 0 Å². The minimum Gasteiger partial charge on any atom is -0.422 e. The summed E-state index contributed by atoms with van der Waals surface area (Å²) in [6, 6.07) is 2.06. The first-order chi connectivity index (χ1) is 13.5. The Balaban J connectivity index is 1.50. The summed E-state index contributed by atoms with van der Waals surface area (Å²) in [5, 5.41) is 7.96. The molecule has 0 fully saturated rings. The Labute approximate surface area is 162 Å². The van der Waals surface area contributed by atoms with Crippen molar-refractivity contribution in [2.75, 3.05) is 26.0 Å². The van der Waals surface area contributed by atoms with Crippen molar-refractivity contribution in [1.82, 2.24) is 34.5 Å². The SMILES string of the molecule is CCc1nc2c(NCc3cc4n(n3)CCCN(C(=O)N(C)C)C4)ncnc2o1. The molecule has 0 saturated carbocycles. The molecule has 0 saturated heterocycles. The number of anilines is 1. The van der Waals surface area contributed by atoms with E-state index in [0.29, 0.717) is 42.4 Å². The van der Waals surface area contributed by atoms with Gasteiger partial charge in [0.15, 0.2) is 17.2 Å². The third-order valence-corrected chi connectivity index (χ3v) is 4.70. The number of hydrogen-bond donors (Lipinski definition) is 1. The standard InChI is InChI=1S/C18H24N8O2/c1-4-14-22-15-16(20-11-21-17(15)28-14)19-9-12-8-13-10-25(18(27)24(2)3)6-5-7-26(13)23-12/h8,11H,4-7,9-10H2,1-3H3,(H,19,20,21). The second kappa shape index (κ2) is 7.45. The number of aryl methyl sites for hydroxylation is 2. The molecule has 0 aliphatic carbocycles. The van der Waals surface area contributed by atoms with Crippen LogP contribution in [0.15, 0.2) is 16.8 Å². The third-order valence-electron chi connectivity index (χ3n) is 4.70. The first kappa shape index (κ1) is 18.2. The lowest BCUT2D eigenvalue weighted by atomic mass is 10.3. The lowest BCUT2D eigenvalue weighted by Crippen LogP contribution is -2.38. The van der Waals surface area contributed by atoms with Gasteiger partial charge in [-0.05, 0) is 12.5 Å². The van der Waals surface area contributed by atoms with Crippen LogP contribution in [0.3, 0.4) is 0 Å². The van der Waals surface area contributed by atoms with Crippen molar-refractivity contribution in [2.45, 2.75) is 39.4 Å². The summed E-state index contributed by atoms with van der Waals surface area (Å²) in [4.78, 5) is 28.6. The van der Waals surface area contributed by atoms with Gasteiger partial charge in [-0.3, -0.25) is 4.68 Å². The number of nitrogens with zero attached hydrogens (tertiary/aromatic N) is 7. The predicted octanol–water partition coefficient (Wildman–Crippen LogP) is 1.88. The molecule has 0 unspecified atom stereocenters. The number of aromatic nitrogens is 5. The summed E-state index contributed by atoms with van der Waals surface area (Å²) in [7, 11) is 3.55. The van der Waals surface area contributed by atoms with E-state index in [2.05, 4.69) is 25.4 Å². The average Bonchev–Trinajstić information content (AvgIpc) is 3.23. The fourth-order valence-electron chi connectivity index (χ4n) is 3.31. The van der Waals surface area contributed by atoms with Gasteiger partial charge in [-0.25, -0.2) is 14.8 Å². The Hall–Kier alpha value is -3.17. The molecule has 10 nitrogen and oxygen atoms in total.